The summed E-state index contributed by atoms with van der Waals surface area (Å²) >= 11 is 6.38. The van der Waals surface area contributed by atoms with Gasteiger partial charge in [-0.15, -0.1) is 0 Å². The molecule has 1 amide bonds. The Hall–Kier alpha value is -2.85. The van der Waals surface area contributed by atoms with Crippen molar-refractivity contribution in [3.05, 3.63) is 69.7 Å². The largest absolute Gasteiger partial charge is 0.495 e. The molecule has 4 rings (SSSR count). The molecule has 1 aliphatic carbocycles. The Morgan fingerprint density at radius 2 is 1.91 bits per heavy atom. The van der Waals surface area contributed by atoms with Crippen LogP contribution in [0.5, 0.6) is 5.75 Å². The van der Waals surface area contributed by atoms with E-state index in [1.807, 2.05) is 24.3 Å². The van der Waals surface area contributed by atoms with Crippen molar-refractivity contribution >= 4 is 17.5 Å². The highest BCUT2D eigenvalue weighted by atomic mass is 35.5. The number of benzene rings is 2. The van der Waals surface area contributed by atoms with Gasteiger partial charge in [-0.05, 0) is 78.5 Å². The van der Waals surface area contributed by atoms with Crippen molar-refractivity contribution in [2.75, 3.05) is 7.11 Å². The lowest BCUT2D eigenvalue weighted by Crippen LogP contribution is -2.16. The van der Waals surface area contributed by atoms with E-state index in [9.17, 15) is 4.79 Å². The van der Waals surface area contributed by atoms with Crippen molar-refractivity contribution in [3.63, 3.8) is 0 Å². The second kappa shape index (κ2) is 8.83. The van der Waals surface area contributed by atoms with Gasteiger partial charge in [0.25, 0.3) is 0 Å². The molecule has 0 radical (unpaired) electrons. The van der Waals surface area contributed by atoms with Crippen LogP contribution in [-0.4, -0.2) is 18.0 Å². The van der Waals surface area contributed by atoms with Crippen LogP contribution in [0.15, 0.2) is 42.5 Å². The fraction of sp³-hybridized carbons (Fsp3) is 0.357. The molecular weight excluding hydrogens is 432 g/mol. The highest BCUT2D eigenvalue weighted by molar-refractivity contribution is 6.32. The van der Waals surface area contributed by atoms with Gasteiger partial charge in [-0.25, -0.2) is 4.98 Å². The van der Waals surface area contributed by atoms with Gasteiger partial charge < -0.3 is 10.5 Å². The van der Waals surface area contributed by atoms with E-state index >= 15 is 0 Å². The lowest BCUT2D eigenvalue weighted by Gasteiger charge is -2.25. The van der Waals surface area contributed by atoms with Gasteiger partial charge in [0.15, 0.2) is 0 Å². The highest BCUT2D eigenvalue weighted by Gasteiger charge is 2.33. The first-order valence-corrected chi connectivity index (χ1v) is 11.8. The van der Waals surface area contributed by atoms with E-state index in [4.69, 9.17) is 27.1 Å². The maximum atomic E-state index is 12.5. The lowest BCUT2D eigenvalue weighted by molar-refractivity contribution is 0.0999. The summed E-state index contributed by atoms with van der Waals surface area (Å²) in [5.41, 5.74) is 13.3. The van der Waals surface area contributed by atoms with Crippen LogP contribution in [0.2, 0.25) is 5.02 Å². The molecule has 1 saturated carbocycles. The fourth-order valence-electron chi connectivity index (χ4n) is 4.28. The van der Waals surface area contributed by atoms with Gasteiger partial charge in [0.1, 0.15) is 5.75 Å². The number of ether oxygens (including phenoxy) is 1. The second-order valence-corrected chi connectivity index (χ2v) is 9.98. The van der Waals surface area contributed by atoms with Crippen molar-refractivity contribution in [2.45, 2.75) is 58.3 Å². The Kier molecular flexibility index (Phi) is 6.24. The highest BCUT2D eigenvalue weighted by Crippen LogP contribution is 2.47. The maximum absolute atomic E-state index is 12.5. The van der Waals surface area contributed by atoms with E-state index in [-0.39, 0.29) is 5.41 Å². The first-order valence-electron chi connectivity index (χ1n) is 11.5. The van der Waals surface area contributed by atoms with E-state index in [1.54, 1.807) is 7.11 Å². The second-order valence-electron chi connectivity index (χ2n) is 9.57. The predicted octanol–water partition coefficient (Wildman–Crippen LogP) is 7.05. The minimum atomic E-state index is -0.428. The van der Waals surface area contributed by atoms with Crippen molar-refractivity contribution in [1.82, 2.24) is 4.98 Å². The minimum absolute atomic E-state index is 0.0934. The molecule has 0 unspecified atom stereocenters. The zero-order valence-electron chi connectivity index (χ0n) is 20.0. The number of nitrogens with two attached hydrogens (primary N) is 1. The summed E-state index contributed by atoms with van der Waals surface area (Å²) in [5, 5.41) is 0.493. The number of primary amides is 1. The van der Waals surface area contributed by atoms with Crippen LogP contribution in [0, 0.1) is 6.92 Å². The monoisotopic (exact) mass is 462 g/mol. The van der Waals surface area contributed by atoms with E-state index in [0.29, 0.717) is 27.9 Å². The predicted molar refractivity (Wildman–Crippen MR) is 135 cm³/mol. The average molecular weight is 463 g/mol. The Balaban J connectivity index is 1.94. The van der Waals surface area contributed by atoms with E-state index in [1.165, 1.54) is 5.56 Å². The number of nitrogens with zero attached hydrogens (tertiary/aromatic N) is 1. The lowest BCUT2D eigenvalue weighted by atomic mass is 9.80. The van der Waals surface area contributed by atoms with Crippen LogP contribution in [0.4, 0.5) is 0 Å². The number of aryl methyl sites for hydroxylation is 1. The fourth-order valence-corrected chi connectivity index (χ4v) is 4.54. The van der Waals surface area contributed by atoms with Gasteiger partial charge in [-0.1, -0.05) is 50.6 Å². The molecule has 0 saturated heterocycles. The van der Waals surface area contributed by atoms with Crippen molar-refractivity contribution < 1.29 is 9.53 Å². The summed E-state index contributed by atoms with van der Waals surface area (Å²) < 4.78 is 5.29. The molecule has 5 heteroatoms. The number of methoxy groups -OCH3 is 1. The van der Waals surface area contributed by atoms with Gasteiger partial charge in [0.2, 0.25) is 5.91 Å². The number of rotatable bonds is 7. The third kappa shape index (κ3) is 4.49. The molecule has 0 bridgehead atoms. The maximum Gasteiger partial charge on any atom is 0.249 e. The number of aromatic nitrogens is 1. The standard InChI is InChI=1S/C28H31ClN2O2/c1-6-28(3,4)19-10-11-20(16(2)13-19)26-25(17-7-8-17)21(27(30)32)15-23(31-26)18-9-12-24(33-5)22(29)14-18/h9-15,17H,6-8H2,1-5H3,(H2,30,32). The molecule has 3 aromatic rings. The summed E-state index contributed by atoms with van der Waals surface area (Å²) in [6.07, 6.45) is 3.14. The minimum Gasteiger partial charge on any atom is -0.495 e. The number of carbonyl (C=O) groups is 1. The van der Waals surface area contributed by atoms with Gasteiger partial charge in [0.05, 0.1) is 23.5 Å². The summed E-state index contributed by atoms with van der Waals surface area (Å²) in [5.74, 6) is 0.479. The number of amides is 1. The van der Waals surface area contributed by atoms with Gasteiger partial charge >= 0.3 is 0 Å². The molecule has 172 valence electrons. The molecule has 1 heterocycles. The zero-order valence-corrected chi connectivity index (χ0v) is 20.7. The van der Waals surface area contributed by atoms with Crippen LogP contribution in [-0.2, 0) is 5.41 Å². The molecule has 4 nitrogen and oxygen atoms in total. The topological polar surface area (TPSA) is 65.2 Å². The zero-order chi connectivity index (χ0) is 23.9. The first kappa shape index (κ1) is 23.3. The van der Waals surface area contributed by atoms with Crippen LogP contribution >= 0.6 is 11.6 Å². The molecular formula is C28H31ClN2O2. The Morgan fingerprint density at radius 3 is 2.45 bits per heavy atom. The summed E-state index contributed by atoms with van der Waals surface area (Å²) in [4.78, 5) is 17.6. The van der Waals surface area contributed by atoms with Crippen LogP contribution in [0.25, 0.3) is 22.5 Å². The van der Waals surface area contributed by atoms with Crippen molar-refractivity contribution in [3.8, 4) is 28.3 Å². The molecule has 1 aromatic heterocycles. The molecule has 2 N–H and O–H groups in total. The smallest absolute Gasteiger partial charge is 0.249 e. The van der Waals surface area contributed by atoms with Crippen molar-refractivity contribution in [1.29, 1.82) is 0 Å². The Bertz CT molecular complexity index is 1230. The molecule has 2 aromatic carbocycles. The van der Waals surface area contributed by atoms with E-state index in [0.717, 1.165) is 47.2 Å². The quantitative estimate of drug-likeness (QED) is 0.409. The molecule has 0 aliphatic heterocycles. The molecule has 0 spiro atoms. The summed E-state index contributed by atoms with van der Waals surface area (Å²) in [6, 6.07) is 13.9. The third-order valence-corrected chi connectivity index (χ3v) is 7.20. The van der Waals surface area contributed by atoms with Crippen molar-refractivity contribution in [2.24, 2.45) is 5.73 Å². The van der Waals surface area contributed by atoms with Gasteiger partial charge in [-0.2, -0.15) is 0 Å². The summed E-state index contributed by atoms with van der Waals surface area (Å²) in [6.45, 7) is 8.84. The third-order valence-electron chi connectivity index (χ3n) is 6.90. The molecule has 33 heavy (non-hydrogen) atoms. The Morgan fingerprint density at radius 1 is 1.18 bits per heavy atom. The first-order chi connectivity index (χ1) is 15.7. The number of halogens is 1. The molecule has 1 fully saturated rings. The molecule has 0 atom stereocenters. The SMILES string of the molecule is CCC(C)(C)c1ccc(-c2nc(-c3ccc(OC)c(Cl)c3)cc(C(N)=O)c2C2CC2)c(C)c1. The van der Waals surface area contributed by atoms with Crippen LogP contribution in [0.1, 0.15) is 73.0 Å². The molecule has 1 aliphatic rings. The number of pyridine rings is 1. The number of hydrogen-bond acceptors (Lipinski definition) is 3. The van der Waals surface area contributed by atoms with Crippen LogP contribution in [0.3, 0.4) is 0 Å². The van der Waals surface area contributed by atoms with E-state index < -0.39 is 5.91 Å². The number of carbonyl (C=O) groups excluding carboxylic acids is 1. The average Bonchev–Trinajstić information content (AvgIpc) is 3.63. The van der Waals surface area contributed by atoms with Crippen LogP contribution < -0.4 is 10.5 Å². The Labute approximate surface area is 201 Å². The van der Waals surface area contributed by atoms with Gasteiger partial charge in [-0.3, -0.25) is 4.79 Å². The normalized spacial score (nSPS) is 13.8. The van der Waals surface area contributed by atoms with Gasteiger partial charge in [0, 0.05) is 16.7 Å². The summed E-state index contributed by atoms with van der Waals surface area (Å²) in [7, 11) is 1.58. The number of hydrogen-bond donors (Lipinski definition) is 1. The van der Waals surface area contributed by atoms with E-state index in [2.05, 4.69) is 45.9 Å².